The van der Waals surface area contributed by atoms with E-state index in [0.717, 1.165) is 9.90 Å². The molecule has 0 aliphatic heterocycles. The maximum Gasteiger partial charge on any atom is 0.222 e. The molecule has 1 aromatic carbocycles. The first-order valence-corrected chi connectivity index (χ1v) is 6.12. The van der Waals surface area contributed by atoms with Crippen molar-refractivity contribution in [1.82, 2.24) is 4.98 Å². The predicted octanol–water partition coefficient (Wildman–Crippen LogP) is 3.28. The van der Waals surface area contributed by atoms with Crippen LogP contribution in [0.4, 0.5) is 4.39 Å². The number of thiazole rings is 1. The molecular formula is C10H8FNOS2. The first-order chi connectivity index (χ1) is 7.24. The number of aromatic nitrogens is 1. The fraction of sp³-hybridized carbons (Fsp3) is 0.100. The van der Waals surface area contributed by atoms with Crippen LogP contribution < -0.4 is 0 Å². The number of nitrogens with zero attached hydrogens (tertiary/aromatic N) is 1. The zero-order valence-electron chi connectivity index (χ0n) is 7.68. The van der Waals surface area contributed by atoms with Gasteiger partial charge in [-0.05, 0) is 18.2 Å². The van der Waals surface area contributed by atoms with Gasteiger partial charge < -0.3 is 5.11 Å². The van der Waals surface area contributed by atoms with Gasteiger partial charge in [0.1, 0.15) is 10.8 Å². The van der Waals surface area contributed by atoms with Crippen LogP contribution in [0.2, 0.25) is 0 Å². The highest BCUT2D eigenvalue weighted by molar-refractivity contribution is 7.98. The van der Waals surface area contributed by atoms with E-state index in [1.807, 2.05) is 6.07 Å². The number of aromatic hydroxyl groups is 1. The summed E-state index contributed by atoms with van der Waals surface area (Å²) in [6.07, 6.45) is 0. The molecule has 1 heterocycles. The zero-order valence-corrected chi connectivity index (χ0v) is 9.32. The molecule has 2 aromatic rings. The summed E-state index contributed by atoms with van der Waals surface area (Å²) in [5, 5.41) is 11.4. The van der Waals surface area contributed by atoms with E-state index in [1.165, 1.54) is 35.2 Å². The minimum Gasteiger partial charge on any atom is -0.493 e. The van der Waals surface area contributed by atoms with E-state index in [0.29, 0.717) is 5.75 Å². The summed E-state index contributed by atoms with van der Waals surface area (Å²) in [6, 6.07) is 6.43. The van der Waals surface area contributed by atoms with E-state index in [9.17, 15) is 4.39 Å². The summed E-state index contributed by atoms with van der Waals surface area (Å²) in [6.45, 7) is 0. The van der Waals surface area contributed by atoms with Crippen LogP contribution in [0.1, 0.15) is 5.01 Å². The number of hydrogen-bond acceptors (Lipinski definition) is 4. The maximum absolute atomic E-state index is 12.8. The minimum atomic E-state index is -0.234. The smallest absolute Gasteiger partial charge is 0.222 e. The summed E-state index contributed by atoms with van der Waals surface area (Å²) in [4.78, 5) is 4.77. The van der Waals surface area contributed by atoms with Crippen molar-refractivity contribution in [3.8, 4) is 5.88 Å². The zero-order chi connectivity index (χ0) is 10.7. The lowest BCUT2D eigenvalue weighted by Gasteiger charge is -1.98. The van der Waals surface area contributed by atoms with Crippen molar-refractivity contribution in [2.75, 3.05) is 0 Å². The Labute approximate surface area is 94.8 Å². The van der Waals surface area contributed by atoms with E-state index >= 15 is 0 Å². The Morgan fingerprint density at radius 1 is 1.47 bits per heavy atom. The van der Waals surface area contributed by atoms with Gasteiger partial charge in [0, 0.05) is 4.90 Å². The van der Waals surface area contributed by atoms with Crippen LogP contribution in [0.3, 0.4) is 0 Å². The van der Waals surface area contributed by atoms with Gasteiger partial charge >= 0.3 is 0 Å². The predicted molar refractivity (Wildman–Crippen MR) is 59.7 cm³/mol. The first kappa shape index (κ1) is 10.4. The van der Waals surface area contributed by atoms with E-state index < -0.39 is 0 Å². The van der Waals surface area contributed by atoms with E-state index in [1.54, 1.807) is 11.4 Å². The van der Waals surface area contributed by atoms with Crippen molar-refractivity contribution >= 4 is 23.1 Å². The van der Waals surface area contributed by atoms with Gasteiger partial charge in [-0.2, -0.15) is 0 Å². The van der Waals surface area contributed by atoms with Crippen molar-refractivity contribution in [3.63, 3.8) is 0 Å². The molecular weight excluding hydrogens is 233 g/mol. The summed E-state index contributed by atoms with van der Waals surface area (Å²) in [7, 11) is 0. The molecule has 15 heavy (non-hydrogen) atoms. The quantitative estimate of drug-likeness (QED) is 0.837. The molecule has 0 amide bonds. The van der Waals surface area contributed by atoms with Crippen LogP contribution in [-0.4, -0.2) is 10.1 Å². The summed E-state index contributed by atoms with van der Waals surface area (Å²) in [5.74, 6) is 0.464. The molecule has 78 valence electrons. The minimum absolute atomic E-state index is 0.0508. The third-order valence-corrected chi connectivity index (χ3v) is 3.72. The van der Waals surface area contributed by atoms with Gasteiger partial charge in [0.15, 0.2) is 0 Å². The first-order valence-electron chi connectivity index (χ1n) is 4.26. The number of benzene rings is 1. The Hall–Kier alpha value is -1.07. The average molecular weight is 241 g/mol. The van der Waals surface area contributed by atoms with Gasteiger partial charge in [-0.25, -0.2) is 9.37 Å². The molecule has 0 saturated heterocycles. The third kappa shape index (κ3) is 2.94. The highest BCUT2D eigenvalue weighted by Crippen LogP contribution is 2.26. The van der Waals surface area contributed by atoms with Crippen molar-refractivity contribution in [2.45, 2.75) is 10.6 Å². The molecule has 5 heteroatoms. The fourth-order valence-electron chi connectivity index (χ4n) is 1.07. The van der Waals surface area contributed by atoms with Gasteiger partial charge in [-0.3, -0.25) is 0 Å². The van der Waals surface area contributed by atoms with Gasteiger partial charge in [-0.1, -0.05) is 6.07 Å². The van der Waals surface area contributed by atoms with Crippen molar-refractivity contribution < 1.29 is 9.50 Å². The molecule has 2 nitrogen and oxygen atoms in total. The molecule has 0 spiro atoms. The standard InChI is InChI=1S/C10H8FNOS2/c11-7-2-1-3-8(4-7)14-6-10-12-9(13)5-15-10/h1-5,13H,6H2. The molecule has 0 fully saturated rings. The Morgan fingerprint density at radius 3 is 3.00 bits per heavy atom. The topological polar surface area (TPSA) is 33.1 Å². The van der Waals surface area contributed by atoms with Crippen molar-refractivity contribution in [2.24, 2.45) is 0 Å². The maximum atomic E-state index is 12.8. The molecule has 0 atom stereocenters. The lowest BCUT2D eigenvalue weighted by atomic mass is 10.4. The Bertz CT molecular complexity index is 458. The van der Waals surface area contributed by atoms with E-state index in [-0.39, 0.29) is 11.7 Å². The Morgan fingerprint density at radius 2 is 2.33 bits per heavy atom. The largest absolute Gasteiger partial charge is 0.493 e. The van der Waals surface area contributed by atoms with E-state index in [4.69, 9.17) is 5.11 Å². The molecule has 1 N–H and O–H groups in total. The lowest BCUT2D eigenvalue weighted by Crippen LogP contribution is -1.79. The summed E-state index contributed by atoms with van der Waals surface area (Å²) < 4.78 is 12.8. The third-order valence-electron chi connectivity index (χ3n) is 1.70. The van der Waals surface area contributed by atoms with E-state index in [2.05, 4.69) is 4.98 Å². The number of rotatable bonds is 3. The molecule has 0 aliphatic carbocycles. The average Bonchev–Trinajstić information content (AvgIpc) is 2.62. The fourth-order valence-corrected chi connectivity index (χ4v) is 2.68. The molecule has 0 bridgehead atoms. The molecule has 2 rings (SSSR count). The Kier molecular flexibility index (Phi) is 3.23. The van der Waals surface area contributed by atoms with Gasteiger partial charge in [-0.15, -0.1) is 23.1 Å². The lowest BCUT2D eigenvalue weighted by molar-refractivity contribution is 0.456. The number of halogens is 1. The molecule has 1 aromatic heterocycles. The number of hydrogen-bond donors (Lipinski definition) is 1. The van der Waals surface area contributed by atoms with Crippen LogP contribution in [0.15, 0.2) is 34.5 Å². The molecule has 0 unspecified atom stereocenters. The van der Waals surface area contributed by atoms with Crippen LogP contribution in [0.5, 0.6) is 5.88 Å². The van der Waals surface area contributed by atoms with Crippen molar-refractivity contribution in [1.29, 1.82) is 0 Å². The van der Waals surface area contributed by atoms with Gasteiger partial charge in [0.25, 0.3) is 0 Å². The SMILES string of the molecule is Oc1csc(CSc2cccc(F)c2)n1. The highest BCUT2D eigenvalue weighted by Gasteiger charge is 2.02. The van der Waals surface area contributed by atoms with Gasteiger partial charge in [0.05, 0.1) is 11.1 Å². The summed E-state index contributed by atoms with van der Waals surface area (Å²) >= 11 is 2.90. The summed E-state index contributed by atoms with van der Waals surface area (Å²) in [5.41, 5.74) is 0. The molecule has 0 aliphatic rings. The molecule has 0 radical (unpaired) electrons. The number of thioether (sulfide) groups is 1. The normalized spacial score (nSPS) is 10.5. The van der Waals surface area contributed by atoms with Gasteiger partial charge in [0.2, 0.25) is 5.88 Å². The van der Waals surface area contributed by atoms with Crippen LogP contribution in [0.25, 0.3) is 0 Å². The highest BCUT2D eigenvalue weighted by atomic mass is 32.2. The molecule has 0 saturated carbocycles. The van der Waals surface area contributed by atoms with Crippen LogP contribution >= 0.6 is 23.1 Å². The second-order valence-corrected chi connectivity index (χ2v) is 4.84. The Balaban J connectivity index is 1.99. The second-order valence-electron chi connectivity index (χ2n) is 2.85. The van der Waals surface area contributed by atoms with Crippen LogP contribution in [0, 0.1) is 5.82 Å². The monoisotopic (exact) mass is 241 g/mol. The van der Waals surface area contributed by atoms with Crippen LogP contribution in [-0.2, 0) is 5.75 Å². The van der Waals surface area contributed by atoms with Crippen molar-refractivity contribution in [3.05, 3.63) is 40.5 Å². The second kappa shape index (κ2) is 4.63.